The number of benzene rings is 2. The SMILES string of the molecule is COc1cc2c(cc1OC)CN(C(=O)[C@H](C)Oc1ccc(Cl)cc1C)CC2. The largest absolute Gasteiger partial charge is 0.493 e. The zero-order valence-electron chi connectivity index (χ0n) is 16.0. The Labute approximate surface area is 164 Å². The van der Waals surface area contributed by atoms with Crippen LogP contribution in [0.5, 0.6) is 17.2 Å². The third-order valence-corrected chi connectivity index (χ3v) is 5.05. The molecule has 1 aliphatic heterocycles. The molecule has 0 spiro atoms. The minimum atomic E-state index is -0.577. The van der Waals surface area contributed by atoms with E-state index in [0.717, 1.165) is 17.5 Å². The average Bonchev–Trinajstić information content (AvgIpc) is 2.67. The molecule has 3 rings (SSSR count). The quantitative estimate of drug-likeness (QED) is 0.775. The van der Waals surface area contributed by atoms with Gasteiger partial charge in [-0.2, -0.15) is 0 Å². The Morgan fingerprint density at radius 1 is 1.07 bits per heavy atom. The molecule has 1 aliphatic rings. The van der Waals surface area contributed by atoms with Crippen molar-refractivity contribution in [1.82, 2.24) is 4.90 Å². The van der Waals surface area contributed by atoms with Crippen LogP contribution in [0.25, 0.3) is 0 Å². The van der Waals surface area contributed by atoms with Crippen molar-refractivity contribution in [3.05, 3.63) is 52.0 Å². The van der Waals surface area contributed by atoms with E-state index in [1.54, 1.807) is 33.3 Å². The van der Waals surface area contributed by atoms with Crippen molar-refractivity contribution in [3.63, 3.8) is 0 Å². The summed E-state index contributed by atoms with van der Waals surface area (Å²) >= 11 is 5.98. The molecule has 2 aromatic carbocycles. The minimum absolute atomic E-state index is 0.0372. The van der Waals surface area contributed by atoms with E-state index in [2.05, 4.69) is 0 Å². The normalized spacial score (nSPS) is 14.3. The van der Waals surface area contributed by atoms with Crippen LogP contribution in [0.15, 0.2) is 30.3 Å². The molecular formula is C21H24ClNO4. The molecule has 0 radical (unpaired) electrons. The Hall–Kier alpha value is -2.40. The van der Waals surface area contributed by atoms with Gasteiger partial charge < -0.3 is 19.1 Å². The summed E-state index contributed by atoms with van der Waals surface area (Å²) in [5.74, 6) is 2.02. The van der Waals surface area contributed by atoms with Crippen molar-refractivity contribution in [2.45, 2.75) is 32.9 Å². The van der Waals surface area contributed by atoms with E-state index >= 15 is 0 Å². The molecule has 0 aromatic heterocycles. The van der Waals surface area contributed by atoms with Crippen molar-refractivity contribution in [2.75, 3.05) is 20.8 Å². The number of halogens is 1. The van der Waals surface area contributed by atoms with Gasteiger partial charge >= 0.3 is 0 Å². The lowest BCUT2D eigenvalue weighted by Crippen LogP contribution is -2.43. The number of hydrogen-bond acceptors (Lipinski definition) is 4. The fourth-order valence-electron chi connectivity index (χ4n) is 3.31. The van der Waals surface area contributed by atoms with Gasteiger partial charge in [-0.05, 0) is 67.3 Å². The van der Waals surface area contributed by atoms with E-state index in [1.807, 2.05) is 30.0 Å². The number of carbonyl (C=O) groups excluding carboxylic acids is 1. The van der Waals surface area contributed by atoms with Gasteiger partial charge in [0.05, 0.1) is 14.2 Å². The average molecular weight is 390 g/mol. The molecule has 5 nitrogen and oxygen atoms in total. The highest BCUT2D eigenvalue weighted by Gasteiger charge is 2.27. The number of nitrogens with zero attached hydrogens (tertiary/aromatic N) is 1. The number of aryl methyl sites for hydroxylation is 1. The van der Waals surface area contributed by atoms with Crippen molar-refractivity contribution in [2.24, 2.45) is 0 Å². The van der Waals surface area contributed by atoms with E-state index in [9.17, 15) is 4.79 Å². The van der Waals surface area contributed by atoms with E-state index in [-0.39, 0.29) is 5.91 Å². The summed E-state index contributed by atoms with van der Waals surface area (Å²) in [7, 11) is 3.24. The van der Waals surface area contributed by atoms with Crippen molar-refractivity contribution in [1.29, 1.82) is 0 Å². The predicted octanol–water partition coefficient (Wildman–Crippen LogP) is 4.02. The molecule has 0 unspecified atom stereocenters. The summed E-state index contributed by atoms with van der Waals surface area (Å²) in [5.41, 5.74) is 3.16. The number of methoxy groups -OCH3 is 2. The van der Waals surface area contributed by atoms with Crippen LogP contribution in [0, 0.1) is 6.92 Å². The molecule has 2 aromatic rings. The molecular weight excluding hydrogens is 366 g/mol. The van der Waals surface area contributed by atoms with Crippen molar-refractivity contribution in [3.8, 4) is 17.2 Å². The molecule has 1 heterocycles. The Balaban J connectivity index is 1.73. The topological polar surface area (TPSA) is 48.0 Å². The number of fused-ring (bicyclic) bond motifs is 1. The Morgan fingerprint density at radius 3 is 2.37 bits per heavy atom. The molecule has 0 saturated heterocycles. The molecule has 144 valence electrons. The second-order valence-corrected chi connectivity index (χ2v) is 7.09. The van der Waals surface area contributed by atoms with Crippen LogP contribution in [0.4, 0.5) is 0 Å². The number of hydrogen-bond donors (Lipinski definition) is 0. The van der Waals surface area contributed by atoms with Crippen LogP contribution >= 0.6 is 11.6 Å². The molecule has 0 N–H and O–H groups in total. The van der Waals surface area contributed by atoms with Gasteiger partial charge in [0, 0.05) is 18.1 Å². The third kappa shape index (κ3) is 4.14. The monoisotopic (exact) mass is 389 g/mol. The van der Waals surface area contributed by atoms with Crippen LogP contribution in [0.1, 0.15) is 23.6 Å². The van der Waals surface area contributed by atoms with Crippen molar-refractivity contribution < 1.29 is 19.0 Å². The zero-order valence-corrected chi connectivity index (χ0v) is 16.8. The molecule has 1 atom stereocenters. The highest BCUT2D eigenvalue weighted by molar-refractivity contribution is 6.30. The maximum absolute atomic E-state index is 12.9. The van der Waals surface area contributed by atoms with E-state index in [4.69, 9.17) is 25.8 Å². The fraction of sp³-hybridized carbons (Fsp3) is 0.381. The van der Waals surface area contributed by atoms with Gasteiger partial charge in [-0.3, -0.25) is 4.79 Å². The molecule has 0 fully saturated rings. The van der Waals surface area contributed by atoms with Gasteiger partial charge in [0.25, 0.3) is 5.91 Å². The molecule has 1 amide bonds. The van der Waals surface area contributed by atoms with Gasteiger partial charge in [0.1, 0.15) is 5.75 Å². The van der Waals surface area contributed by atoms with Crippen molar-refractivity contribution >= 4 is 17.5 Å². The first kappa shape index (κ1) is 19.4. The summed E-state index contributed by atoms with van der Waals surface area (Å²) in [6.07, 6.45) is 0.195. The first-order valence-corrected chi connectivity index (χ1v) is 9.26. The lowest BCUT2D eigenvalue weighted by Gasteiger charge is -2.31. The van der Waals surface area contributed by atoms with Gasteiger partial charge in [-0.25, -0.2) is 0 Å². The minimum Gasteiger partial charge on any atom is -0.493 e. The lowest BCUT2D eigenvalue weighted by atomic mass is 9.98. The van der Waals surface area contributed by atoms with E-state index < -0.39 is 6.10 Å². The summed E-state index contributed by atoms with van der Waals surface area (Å²) in [5, 5.41) is 0.649. The lowest BCUT2D eigenvalue weighted by molar-refractivity contribution is -0.138. The molecule has 0 aliphatic carbocycles. The van der Waals surface area contributed by atoms with Gasteiger partial charge in [0.2, 0.25) is 0 Å². The van der Waals surface area contributed by atoms with Gasteiger partial charge in [-0.1, -0.05) is 11.6 Å². The molecule has 0 bridgehead atoms. The summed E-state index contributed by atoms with van der Waals surface area (Å²) in [6, 6.07) is 9.32. The van der Waals surface area contributed by atoms with E-state index in [1.165, 1.54) is 5.56 Å². The second-order valence-electron chi connectivity index (χ2n) is 6.66. The van der Waals surface area contributed by atoms with Gasteiger partial charge in [0.15, 0.2) is 17.6 Å². The zero-order chi connectivity index (χ0) is 19.6. The number of ether oxygens (including phenoxy) is 3. The maximum Gasteiger partial charge on any atom is 0.263 e. The number of amides is 1. The van der Waals surface area contributed by atoms with Crippen LogP contribution in [0.3, 0.4) is 0 Å². The predicted molar refractivity (Wildman–Crippen MR) is 105 cm³/mol. The van der Waals surface area contributed by atoms with Gasteiger partial charge in [-0.15, -0.1) is 0 Å². The molecule has 0 saturated carbocycles. The Bertz CT molecular complexity index is 852. The fourth-order valence-corrected chi connectivity index (χ4v) is 3.54. The van der Waals surface area contributed by atoms with Crippen LogP contribution in [0.2, 0.25) is 5.02 Å². The summed E-state index contributed by atoms with van der Waals surface area (Å²) in [6.45, 7) is 4.87. The number of rotatable bonds is 5. The first-order chi connectivity index (χ1) is 12.9. The van der Waals surface area contributed by atoms with E-state index in [0.29, 0.717) is 35.4 Å². The maximum atomic E-state index is 12.9. The standard InChI is InChI=1S/C21H24ClNO4/c1-13-9-17(22)5-6-18(13)27-14(2)21(24)23-8-7-15-10-19(25-3)20(26-4)11-16(15)12-23/h5-6,9-11,14H,7-8,12H2,1-4H3/t14-/m0/s1. The molecule has 27 heavy (non-hydrogen) atoms. The highest BCUT2D eigenvalue weighted by atomic mass is 35.5. The van der Waals surface area contributed by atoms with Crippen LogP contribution in [-0.2, 0) is 17.8 Å². The van der Waals surface area contributed by atoms with Crippen LogP contribution < -0.4 is 14.2 Å². The smallest absolute Gasteiger partial charge is 0.263 e. The highest BCUT2D eigenvalue weighted by Crippen LogP contribution is 2.33. The first-order valence-electron chi connectivity index (χ1n) is 8.88. The molecule has 6 heteroatoms. The Morgan fingerprint density at radius 2 is 1.74 bits per heavy atom. The number of carbonyl (C=O) groups is 1. The second kappa shape index (κ2) is 8.09. The third-order valence-electron chi connectivity index (χ3n) is 4.82. The summed E-state index contributed by atoms with van der Waals surface area (Å²) < 4.78 is 16.6. The summed E-state index contributed by atoms with van der Waals surface area (Å²) in [4.78, 5) is 14.7. The Kier molecular flexibility index (Phi) is 5.80. The van der Waals surface area contributed by atoms with Crippen LogP contribution in [-0.4, -0.2) is 37.7 Å².